The lowest BCUT2D eigenvalue weighted by Gasteiger charge is -2.37. The van der Waals surface area contributed by atoms with Crippen molar-refractivity contribution in [1.29, 1.82) is 0 Å². The fourth-order valence-corrected chi connectivity index (χ4v) is 2.40. The van der Waals surface area contributed by atoms with E-state index < -0.39 is 0 Å². The van der Waals surface area contributed by atoms with E-state index in [4.69, 9.17) is 23.2 Å². The van der Waals surface area contributed by atoms with Crippen molar-refractivity contribution in [1.82, 2.24) is 9.88 Å². The van der Waals surface area contributed by atoms with E-state index in [0.29, 0.717) is 11.9 Å². The van der Waals surface area contributed by atoms with Crippen LogP contribution in [0.25, 0.3) is 0 Å². The summed E-state index contributed by atoms with van der Waals surface area (Å²) in [6.07, 6.45) is 7.42. The van der Waals surface area contributed by atoms with Crippen molar-refractivity contribution in [2.24, 2.45) is 0 Å². The van der Waals surface area contributed by atoms with Gasteiger partial charge in [0.2, 0.25) is 0 Å². The van der Waals surface area contributed by atoms with Gasteiger partial charge in [-0.1, -0.05) is 18.0 Å². The third kappa shape index (κ3) is 2.88. The van der Waals surface area contributed by atoms with Crippen LogP contribution in [0.2, 0.25) is 5.02 Å². The molecule has 0 bridgehead atoms. The lowest BCUT2D eigenvalue weighted by atomic mass is 9.91. The number of rotatable bonds is 5. The second kappa shape index (κ2) is 5.85. The molecule has 1 heterocycles. The normalized spacial score (nSPS) is 16.4. The average Bonchev–Trinajstić information content (AvgIpc) is 2.19. The molecule has 2 rings (SSSR count). The first-order chi connectivity index (χ1) is 7.81. The molecule has 0 spiro atoms. The fraction of sp³-hybridized carbons (Fsp3) is 0.583. The van der Waals surface area contributed by atoms with E-state index in [1.807, 2.05) is 6.07 Å². The van der Waals surface area contributed by atoms with Crippen LogP contribution in [0.1, 0.15) is 24.8 Å². The summed E-state index contributed by atoms with van der Waals surface area (Å²) in [4.78, 5) is 6.43. The molecule has 0 atom stereocenters. The Morgan fingerprint density at radius 2 is 2.25 bits per heavy atom. The highest BCUT2D eigenvalue weighted by Gasteiger charge is 2.24. The number of halogens is 2. The van der Waals surface area contributed by atoms with Crippen molar-refractivity contribution in [3.63, 3.8) is 0 Å². The molecule has 1 aromatic heterocycles. The Hall–Kier alpha value is -0.310. The van der Waals surface area contributed by atoms with Crippen LogP contribution < -0.4 is 0 Å². The van der Waals surface area contributed by atoms with Gasteiger partial charge in [-0.05, 0) is 24.5 Å². The zero-order chi connectivity index (χ0) is 11.4. The zero-order valence-corrected chi connectivity index (χ0v) is 10.7. The van der Waals surface area contributed by atoms with Crippen LogP contribution in [0.5, 0.6) is 0 Å². The molecule has 0 unspecified atom stereocenters. The first-order valence-electron chi connectivity index (χ1n) is 5.69. The molecule has 0 N–H and O–H groups in total. The molecular formula is C12H16Cl2N2. The van der Waals surface area contributed by atoms with Crippen LogP contribution in [0.3, 0.4) is 0 Å². The van der Waals surface area contributed by atoms with Gasteiger partial charge in [0.05, 0.1) is 5.02 Å². The topological polar surface area (TPSA) is 16.1 Å². The van der Waals surface area contributed by atoms with Crippen LogP contribution in [0.15, 0.2) is 18.5 Å². The molecule has 0 amide bonds. The van der Waals surface area contributed by atoms with Gasteiger partial charge in [0.1, 0.15) is 0 Å². The minimum atomic E-state index is 0.680. The fourth-order valence-electron chi connectivity index (χ4n) is 2.00. The van der Waals surface area contributed by atoms with Gasteiger partial charge in [-0.2, -0.15) is 0 Å². The molecule has 88 valence electrons. The number of hydrogen-bond donors (Lipinski definition) is 0. The maximum atomic E-state index is 6.11. The maximum Gasteiger partial charge on any atom is 0.0634 e. The van der Waals surface area contributed by atoms with Crippen molar-refractivity contribution in [3.8, 4) is 0 Å². The van der Waals surface area contributed by atoms with Crippen molar-refractivity contribution in [3.05, 3.63) is 29.0 Å². The molecule has 0 aromatic carbocycles. The van der Waals surface area contributed by atoms with Gasteiger partial charge >= 0.3 is 0 Å². The monoisotopic (exact) mass is 258 g/mol. The Morgan fingerprint density at radius 1 is 1.44 bits per heavy atom. The first-order valence-corrected chi connectivity index (χ1v) is 6.61. The number of aromatic nitrogens is 1. The largest absolute Gasteiger partial charge is 0.295 e. The van der Waals surface area contributed by atoms with Crippen LogP contribution >= 0.6 is 23.2 Å². The van der Waals surface area contributed by atoms with Crippen molar-refractivity contribution >= 4 is 23.2 Å². The minimum absolute atomic E-state index is 0.680. The summed E-state index contributed by atoms with van der Waals surface area (Å²) in [5.41, 5.74) is 1.15. The van der Waals surface area contributed by atoms with Crippen LogP contribution in [-0.2, 0) is 6.54 Å². The Labute approximate surface area is 107 Å². The van der Waals surface area contributed by atoms with Gasteiger partial charge in [-0.15, -0.1) is 11.6 Å². The SMILES string of the molecule is ClCCN(Cc1ccncc1Cl)C1CCC1. The second-order valence-electron chi connectivity index (χ2n) is 4.21. The molecule has 1 aliphatic rings. The molecule has 0 saturated heterocycles. The lowest BCUT2D eigenvalue weighted by molar-refractivity contribution is 0.127. The zero-order valence-electron chi connectivity index (χ0n) is 9.20. The average molecular weight is 259 g/mol. The van der Waals surface area contributed by atoms with Crippen LogP contribution in [0, 0.1) is 0 Å². The lowest BCUT2D eigenvalue weighted by Crippen LogP contribution is -2.40. The first kappa shape index (κ1) is 12.2. The molecule has 16 heavy (non-hydrogen) atoms. The Kier molecular flexibility index (Phi) is 4.45. The van der Waals surface area contributed by atoms with Crippen molar-refractivity contribution < 1.29 is 0 Å². The molecule has 1 saturated carbocycles. The minimum Gasteiger partial charge on any atom is -0.295 e. The third-order valence-corrected chi connectivity index (χ3v) is 3.70. The van der Waals surface area contributed by atoms with E-state index in [2.05, 4.69) is 9.88 Å². The molecule has 1 aromatic rings. The number of pyridine rings is 1. The van der Waals surface area contributed by atoms with Gasteiger partial charge in [0, 0.05) is 37.4 Å². The van der Waals surface area contributed by atoms with E-state index in [0.717, 1.165) is 23.7 Å². The molecule has 2 nitrogen and oxygen atoms in total. The predicted molar refractivity (Wildman–Crippen MR) is 68.0 cm³/mol. The summed E-state index contributed by atoms with van der Waals surface area (Å²) in [5, 5.41) is 0.751. The molecule has 0 aliphatic heterocycles. The highest BCUT2D eigenvalue weighted by Crippen LogP contribution is 2.27. The summed E-state index contributed by atoms with van der Waals surface area (Å²) in [6, 6.07) is 2.69. The predicted octanol–water partition coefficient (Wildman–Crippen LogP) is 3.33. The number of alkyl halides is 1. The molecule has 0 radical (unpaired) electrons. The smallest absolute Gasteiger partial charge is 0.0634 e. The highest BCUT2D eigenvalue weighted by molar-refractivity contribution is 6.31. The van der Waals surface area contributed by atoms with Gasteiger partial charge in [-0.3, -0.25) is 9.88 Å². The van der Waals surface area contributed by atoms with E-state index in [-0.39, 0.29) is 0 Å². The Morgan fingerprint density at radius 3 is 2.81 bits per heavy atom. The Balaban J connectivity index is 2.01. The van der Waals surface area contributed by atoms with E-state index in [1.165, 1.54) is 19.3 Å². The van der Waals surface area contributed by atoms with E-state index >= 15 is 0 Å². The Bertz CT molecular complexity index is 340. The summed E-state index contributed by atoms with van der Waals surface area (Å²) < 4.78 is 0. The molecule has 4 heteroatoms. The van der Waals surface area contributed by atoms with Gasteiger partial charge in [-0.25, -0.2) is 0 Å². The second-order valence-corrected chi connectivity index (χ2v) is 5.00. The number of hydrogen-bond acceptors (Lipinski definition) is 2. The van der Waals surface area contributed by atoms with Crippen molar-refractivity contribution in [2.45, 2.75) is 31.8 Å². The van der Waals surface area contributed by atoms with Crippen LogP contribution in [0.4, 0.5) is 0 Å². The third-order valence-electron chi connectivity index (χ3n) is 3.19. The summed E-state index contributed by atoms with van der Waals surface area (Å²) in [7, 11) is 0. The van der Waals surface area contributed by atoms with Crippen molar-refractivity contribution in [2.75, 3.05) is 12.4 Å². The van der Waals surface area contributed by atoms with Gasteiger partial charge in [0.15, 0.2) is 0 Å². The molecular weight excluding hydrogens is 243 g/mol. The summed E-state index contributed by atoms with van der Waals surface area (Å²) in [6.45, 7) is 1.82. The van der Waals surface area contributed by atoms with Gasteiger partial charge < -0.3 is 0 Å². The maximum absolute atomic E-state index is 6.11. The molecule has 1 aliphatic carbocycles. The highest BCUT2D eigenvalue weighted by atomic mass is 35.5. The summed E-state index contributed by atoms with van der Waals surface area (Å²) in [5.74, 6) is 0.680. The summed E-state index contributed by atoms with van der Waals surface area (Å²) >= 11 is 12.0. The van der Waals surface area contributed by atoms with E-state index in [9.17, 15) is 0 Å². The molecule has 1 fully saturated rings. The van der Waals surface area contributed by atoms with Gasteiger partial charge in [0.25, 0.3) is 0 Å². The van der Waals surface area contributed by atoms with Crippen LogP contribution in [-0.4, -0.2) is 28.4 Å². The standard InChI is InChI=1S/C12H16Cl2N2/c13-5-7-16(11-2-1-3-11)9-10-4-6-15-8-12(10)14/h4,6,8,11H,1-3,5,7,9H2. The van der Waals surface area contributed by atoms with E-state index in [1.54, 1.807) is 12.4 Å². The number of nitrogens with zero attached hydrogens (tertiary/aromatic N) is 2. The quantitative estimate of drug-likeness (QED) is 0.754.